The predicted octanol–water partition coefficient (Wildman–Crippen LogP) is 4.64. The van der Waals surface area contributed by atoms with Crippen LogP contribution in [0.25, 0.3) is 0 Å². The predicted molar refractivity (Wildman–Crippen MR) is 122 cm³/mol. The fourth-order valence-electron chi connectivity index (χ4n) is 10.3. The van der Waals surface area contributed by atoms with E-state index < -0.39 is 18.2 Å². The van der Waals surface area contributed by atoms with Crippen LogP contribution < -0.4 is 0 Å². The van der Waals surface area contributed by atoms with Gasteiger partial charge in [-0.3, -0.25) is 0 Å². The fraction of sp³-hybridized carbons (Fsp3) is 0.963. The number of carbonyl (C=O) groups is 1. The van der Waals surface area contributed by atoms with Crippen LogP contribution in [0.15, 0.2) is 0 Å². The van der Waals surface area contributed by atoms with Gasteiger partial charge in [0.15, 0.2) is 6.10 Å². The Hall–Kier alpha value is -0.650. The van der Waals surface area contributed by atoms with Gasteiger partial charge in [-0.1, -0.05) is 41.0 Å². The second kappa shape index (κ2) is 7.18. The summed E-state index contributed by atoms with van der Waals surface area (Å²) in [7, 11) is 0. The van der Waals surface area contributed by atoms with Crippen molar-refractivity contribution in [2.75, 3.05) is 0 Å². The van der Waals surface area contributed by atoms with Crippen LogP contribution >= 0.6 is 0 Å². The SMILES string of the molecule is CC1CC(C(=O)O)OC2C1C1(C)CCCC34CCC(O)C(C)(C)C3CCC(C4)C1(C)C2O. The van der Waals surface area contributed by atoms with E-state index in [1.807, 2.05) is 0 Å². The van der Waals surface area contributed by atoms with Crippen molar-refractivity contribution in [3.05, 3.63) is 0 Å². The van der Waals surface area contributed by atoms with Crippen molar-refractivity contribution in [2.45, 2.75) is 117 Å². The summed E-state index contributed by atoms with van der Waals surface area (Å²) in [6.07, 6.45) is 7.27. The van der Waals surface area contributed by atoms with E-state index in [1.165, 1.54) is 6.42 Å². The second-order valence-corrected chi connectivity index (χ2v) is 13.4. The van der Waals surface area contributed by atoms with Crippen LogP contribution in [0.1, 0.15) is 92.4 Å². The lowest BCUT2D eigenvalue weighted by Crippen LogP contribution is -2.58. The lowest BCUT2D eigenvalue weighted by Gasteiger charge is -2.64. The van der Waals surface area contributed by atoms with Gasteiger partial charge in [-0.25, -0.2) is 4.79 Å². The minimum absolute atomic E-state index is 0.0528. The highest BCUT2D eigenvalue weighted by Gasteiger charge is 2.71. The third kappa shape index (κ3) is 2.77. The van der Waals surface area contributed by atoms with Crippen LogP contribution in [0.5, 0.6) is 0 Å². The summed E-state index contributed by atoms with van der Waals surface area (Å²) in [5.41, 5.74) is -0.119. The van der Waals surface area contributed by atoms with E-state index in [-0.39, 0.29) is 45.7 Å². The monoisotopic (exact) mass is 448 g/mol. The first kappa shape index (κ1) is 23.1. The molecule has 1 aliphatic heterocycles. The smallest absolute Gasteiger partial charge is 0.332 e. The van der Waals surface area contributed by atoms with E-state index in [4.69, 9.17) is 4.74 Å². The Morgan fingerprint density at radius 2 is 1.72 bits per heavy atom. The number of carboxylic acids is 1. The van der Waals surface area contributed by atoms with Gasteiger partial charge >= 0.3 is 5.97 Å². The average molecular weight is 449 g/mol. The molecule has 5 rings (SSSR count). The molecule has 1 saturated heterocycles. The number of ether oxygens (including phenoxy) is 1. The molecule has 1 heterocycles. The van der Waals surface area contributed by atoms with E-state index in [9.17, 15) is 20.1 Å². The summed E-state index contributed by atoms with van der Waals surface area (Å²) in [6.45, 7) is 11.4. The normalized spacial score (nSPS) is 56.8. The molecule has 5 nitrogen and oxygen atoms in total. The number of aliphatic hydroxyl groups is 2. The molecule has 0 radical (unpaired) electrons. The average Bonchev–Trinajstić information content (AvgIpc) is 2.90. The first-order chi connectivity index (χ1) is 14.9. The Bertz CT molecular complexity index is 780. The molecule has 3 N–H and O–H groups in total. The molecule has 1 spiro atoms. The largest absolute Gasteiger partial charge is 0.479 e. The molecule has 5 aliphatic rings. The molecule has 0 aromatic carbocycles. The van der Waals surface area contributed by atoms with Crippen LogP contribution in [0.4, 0.5) is 0 Å². The molecule has 11 unspecified atom stereocenters. The Balaban J connectivity index is 1.53. The number of aliphatic carboxylic acids is 1. The van der Waals surface area contributed by atoms with Gasteiger partial charge < -0.3 is 20.1 Å². The maximum absolute atomic E-state index is 11.9. The van der Waals surface area contributed by atoms with Crippen LogP contribution in [0.2, 0.25) is 0 Å². The minimum atomic E-state index is -0.899. The van der Waals surface area contributed by atoms with Crippen molar-refractivity contribution in [2.24, 2.45) is 45.3 Å². The summed E-state index contributed by atoms with van der Waals surface area (Å²) in [6, 6.07) is 0. The molecule has 5 fully saturated rings. The lowest BCUT2D eigenvalue weighted by atomic mass is 9.41. The van der Waals surface area contributed by atoms with Crippen LogP contribution in [0, 0.1) is 45.3 Å². The molecule has 32 heavy (non-hydrogen) atoms. The van der Waals surface area contributed by atoms with Gasteiger partial charge in [0.2, 0.25) is 0 Å². The van der Waals surface area contributed by atoms with E-state index in [2.05, 4.69) is 34.6 Å². The van der Waals surface area contributed by atoms with Crippen LogP contribution in [0.3, 0.4) is 0 Å². The Labute approximate surface area is 193 Å². The van der Waals surface area contributed by atoms with Gasteiger partial charge in [0, 0.05) is 5.41 Å². The van der Waals surface area contributed by atoms with Crippen molar-refractivity contribution < 1.29 is 24.9 Å². The molecular weight excluding hydrogens is 404 g/mol. The summed E-state index contributed by atoms with van der Waals surface area (Å²) >= 11 is 0. The van der Waals surface area contributed by atoms with Gasteiger partial charge in [0.1, 0.15) is 0 Å². The zero-order chi connectivity index (χ0) is 23.3. The third-order valence-corrected chi connectivity index (χ3v) is 12.1. The summed E-state index contributed by atoms with van der Waals surface area (Å²) in [5, 5.41) is 32.3. The zero-order valence-corrected chi connectivity index (χ0v) is 20.6. The molecule has 2 bridgehead atoms. The summed E-state index contributed by atoms with van der Waals surface area (Å²) < 4.78 is 6.17. The molecule has 0 amide bonds. The number of carboxylic acid groups (broad SMARTS) is 1. The van der Waals surface area contributed by atoms with Crippen molar-refractivity contribution >= 4 is 5.97 Å². The van der Waals surface area contributed by atoms with Crippen LogP contribution in [-0.4, -0.2) is 45.7 Å². The molecule has 11 atom stereocenters. The van der Waals surface area contributed by atoms with Crippen LogP contribution in [-0.2, 0) is 9.53 Å². The maximum atomic E-state index is 11.9. The minimum Gasteiger partial charge on any atom is -0.479 e. The molecule has 5 heteroatoms. The highest BCUT2D eigenvalue weighted by atomic mass is 16.5. The topological polar surface area (TPSA) is 87.0 Å². The Kier molecular flexibility index (Phi) is 5.18. The molecule has 4 saturated carbocycles. The number of hydrogen-bond acceptors (Lipinski definition) is 4. The lowest BCUT2D eigenvalue weighted by molar-refractivity contribution is -0.181. The van der Waals surface area contributed by atoms with E-state index in [0.717, 1.165) is 44.9 Å². The fourth-order valence-corrected chi connectivity index (χ4v) is 10.3. The van der Waals surface area contributed by atoms with Crippen molar-refractivity contribution in [3.8, 4) is 0 Å². The zero-order valence-electron chi connectivity index (χ0n) is 20.6. The van der Waals surface area contributed by atoms with Gasteiger partial charge in [-0.05, 0) is 91.3 Å². The number of hydrogen-bond donors (Lipinski definition) is 3. The van der Waals surface area contributed by atoms with E-state index in [0.29, 0.717) is 18.3 Å². The number of aliphatic hydroxyl groups excluding tert-OH is 2. The molecular formula is C27H44O5. The van der Waals surface area contributed by atoms with Crippen molar-refractivity contribution in [3.63, 3.8) is 0 Å². The van der Waals surface area contributed by atoms with Gasteiger partial charge in [0.05, 0.1) is 18.3 Å². The molecule has 0 aromatic rings. The van der Waals surface area contributed by atoms with E-state index >= 15 is 0 Å². The van der Waals surface area contributed by atoms with Gasteiger partial charge in [0.25, 0.3) is 0 Å². The van der Waals surface area contributed by atoms with Gasteiger partial charge in [-0.15, -0.1) is 0 Å². The molecule has 182 valence electrons. The summed E-state index contributed by atoms with van der Waals surface area (Å²) in [5.74, 6) is 0.481. The summed E-state index contributed by atoms with van der Waals surface area (Å²) in [4.78, 5) is 11.8. The molecule has 4 aliphatic carbocycles. The van der Waals surface area contributed by atoms with E-state index in [1.54, 1.807) is 0 Å². The first-order valence-electron chi connectivity index (χ1n) is 13.1. The van der Waals surface area contributed by atoms with Crippen molar-refractivity contribution in [1.29, 1.82) is 0 Å². The number of rotatable bonds is 1. The standard InChI is InChI=1S/C27H44O5/c1-15-13-17(23(30)31)32-21-20(15)25(4)10-6-11-27-12-9-19(28)24(2,3)18(27)8-7-16(14-27)26(25,5)22(21)29/h15-22,28-29H,6-14H2,1-5H3,(H,30,31). The quantitative estimate of drug-likeness (QED) is 0.544. The highest BCUT2D eigenvalue weighted by molar-refractivity contribution is 5.72. The Morgan fingerprint density at radius 1 is 1.00 bits per heavy atom. The highest BCUT2D eigenvalue weighted by Crippen LogP contribution is 2.72. The Morgan fingerprint density at radius 3 is 2.41 bits per heavy atom. The first-order valence-corrected chi connectivity index (χ1v) is 13.1. The molecule has 0 aromatic heterocycles. The number of fused-ring (bicyclic) bond motifs is 5. The third-order valence-electron chi connectivity index (χ3n) is 12.1. The maximum Gasteiger partial charge on any atom is 0.332 e. The van der Waals surface area contributed by atoms with Crippen molar-refractivity contribution in [1.82, 2.24) is 0 Å². The second-order valence-electron chi connectivity index (χ2n) is 13.4. The van der Waals surface area contributed by atoms with Gasteiger partial charge in [-0.2, -0.15) is 0 Å².